The van der Waals surface area contributed by atoms with Gasteiger partial charge in [-0.25, -0.2) is 15.0 Å². The lowest BCUT2D eigenvalue weighted by Crippen LogP contribution is -2.44. The van der Waals surface area contributed by atoms with Crippen molar-refractivity contribution in [1.82, 2.24) is 19.9 Å². The number of ether oxygens (including phenoxy) is 2. The molecule has 0 saturated carbocycles. The maximum Gasteiger partial charge on any atom is 0.165 e. The molecule has 1 fully saturated rings. The van der Waals surface area contributed by atoms with Crippen LogP contribution in [0.1, 0.15) is 12.5 Å². The van der Waals surface area contributed by atoms with Crippen LogP contribution in [0, 0.1) is 0 Å². The summed E-state index contributed by atoms with van der Waals surface area (Å²) >= 11 is 0. The SMILES string of the molecule is COc1cncc(-c2nc(N3CCOC[C@@H]3C)c3ccc(-c4cccc(CO)c4)nc3n2)c1. The summed E-state index contributed by atoms with van der Waals surface area (Å²) in [4.78, 5) is 21.2. The van der Waals surface area contributed by atoms with Gasteiger partial charge in [-0.2, -0.15) is 0 Å². The zero-order valence-corrected chi connectivity index (χ0v) is 18.6. The number of rotatable bonds is 5. The highest BCUT2D eigenvalue weighted by Crippen LogP contribution is 2.31. The summed E-state index contributed by atoms with van der Waals surface area (Å²) in [5.74, 6) is 2.01. The number of morpholine rings is 1. The predicted molar refractivity (Wildman–Crippen MR) is 126 cm³/mol. The number of hydrogen-bond donors (Lipinski definition) is 1. The quantitative estimate of drug-likeness (QED) is 0.501. The Morgan fingerprint density at radius 2 is 2.00 bits per heavy atom. The monoisotopic (exact) mass is 443 g/mol. The van der Waals surface area contributed by atoms with E-state index in [1.165, 1.54) is 0 Å². The van der Waals surface area contributed by atoms with Crippen LogP contribution < -0.4 is 9.64 Å². The molecule has 1 aliphatic rings. The molecule has 0 aliphatic carbocycles. The molecule has 3 aromatic heterocycles. The molecule has 0 unspecified atom stereocenters. The van der Waals surface area contributed by atoms with Crippen molar-refractivity contribution in [3.05, 3.63) is 60.4 Å². The Morgan fingerprint density at radius 3 is 2.82 bits per heavy atom. The number of nitrogens with zero attached hydrogens (tertiary/aromatic N) is 5. The van der Waals surface area contributed by atoms with Crippen molar-refractivity contribution in [3.63, 3.8) is 0 Å². The molecule has 1 saturated heterocycles. The van der Waals surface area contributed by atoms with Crippen LogP contribution in [-0.2, 0) is 11.3 Å². The van der Waals surface area contributed by atoms with Crippen LogP contribution in [0.5, 0.6) is 5.75 Å². The predicted octanol–water partition coefficient (Wildman–Crippen LogP) is 3.48. The van der Waals surface area contributed by atoms with E-state index >= 15 is 0 Å². The van der Waals surface area contributed by atoms with Crippen LogP contribution in [0.4, 0.5) is 5.82 Å². The van der Waals surface area contributed by atoms with E-state index in [0.717, 1.165) is 40.1 Å². The molecule has 1 atom stereocenters. The van der Waals surface area contributed by atoms with Gasteiger partial charge in [-0.3, -0.25) is 4.98 Å². The summed E-state index contributed by atoms with van der Waals surface area (Å²) in [5, 5.41) is 10.4. The van der Waals surface area contributed by atoms with E-state index in [0.29, 0.717) is 30.4 Å². The third-order valence-electron chi connectivity index (χ3n) is 5.79. The number of fused-ring (bicyclic) bond motifs is 1. The lowest BCUT2D eigenvalue weighted by Gasteiger charge is -2.35. The van der Waals surface area contributed by atoms with Crippen molar-refractivity contribution in [1.29, 1.82) is 0 Å². The Morgan fingerprint density at radius 1 is 1.09 bits per heavy atom. The average molecular weight is 444 g/mol. The largest absolute Gasteiger partial charge is 0.495 e. The Kier molecular flexibility index (Phi) is 5.85. The molecule has 168 valence electrons. The standard InChI is InChI=1S/C25H25N5O3/c1-16-15-33-9-8-30(16)25-21-6-7-22(18-5-3-4-17(10-18)14-31)27-24(21)28-23(29-25)19-11-20(32-2)13-26-12-19/h3-7,10-13,16,31H,8-9,14-15H2,1-2H3/t16-/m0/s1. The number of benzene rings is 1. The molecule has 5 rings (SSSR count). The molecule has 33 heavy (non-hydrogen) atoms. The second-order valence-corrected chi connectivity index (χ2v) is 8.03. The molecule has 0 amide bonds. The van der Waals surface area contributed by atoms with Crippen LogP contribution in [-0.4, -0.2) is 58.0 Å². The summed E-state index contributed by atoms with van der Waals surface area (Å²) in [6.45, 7) is 4.13. The lowest BCUT2D eigenvalue weighted by molar-refractivity contribution is 0.0987. The van der Waals surface area contributed by atoms with E-state index in [2.05, 4.69) is 16.8 Å². The van der Waals surface area contributed by atoms with Crippen molar-refractivity contribution in [2.75, 3.05) is 31.8 Å². The van der Waals surface area contributed by atoms with Crippen molar-refractivity contribution in [2.24, 2.45) is 0 Å². The third-order valence-corrected chi connectivity index (χ3v) is 5.79. The van der Waals surface area contributed by atoms with Crippen LogP contribution in [0.2, 0.25) is 0 Å². The van der Waals surface area contributed by atoms with E-state index < -0.39 is 0 Å². The van der Waals surface area contributed by atoms with Crippen LogP contribution in [0.15, 0.2) is 54.9 Å². The Balaban J connectivity index is 1.69. The topological polar surface area (TPSA) is 93.5 Å². The Labute approximate surface area is 191 Å². The van der Waals surface area contributed by atoms with Gasteiger partial charge in [0.05, 0.1) is 50.2 Å². The highest BCUT2D eigenvalue weighted by atomic mass is 16.5. The number of aromatic nitrogens is 4. The zero-order valence-electron chi connectivity index (χ0n) is 18.6. The number of methoxy groups -OCH3 is 1. The van der Waals surface area contributed by atoms with Gasteiger partial charge in [0.1, 0.15) is 11.6 Å². The smallest absolute Gasteiger partial charge is 0.165 e. The van der Waals surface area contributed by atoms with Gasteiger partial charge in [-0.15, -0.1) is 0 Å². The van der Waals surface area contributed by atoms with Gasteiger partial charge in [0.2, 0.25) is 0 Å². The van der Waals surface area contributed by atoms with Crippen molar-refractivity contribution in [3.8, 4) is 28.4 Å². The molecule has 0 radical (unpaired) electrons. The highest BCUT2D eigenvalue weighted by Gasteiger charge is 2.24. The molecule has 8 nitrogen and oxygen atoms in total. The second kappa shape index (κ2) is 9.09. The molecule has 8 heteroatoms. The summed E-state index contributed by atoms with van der Waals surface area (Å²) in [6.07, 6.45) is 3.38. The minimum absolute atomic E-state index is 0.0182. The van der Waals surface area contributed by atoms with E-state index in [1.54, 1.807) is 19.5 Å². The van der Waals surface area contributed by atoms with Crippen LogP contribution in [0.3, 0.4) is 0 Å². The fraction of sp³-hybridized carbons (Fsp3) is 0.280. The lowest BCUT2D eigenvalue weighted by atomic mass is 10.1. The van der Waals surface area contributed by atoms with Gasteiger partial charge >= 0.3 is 0 Å². The fourth-order valence-corrected chi connectivity index (χ4v) is 4.03. The molecule has 0 spiro atoms. The van der Waals surface area contributed by atoms with Gasteiger partial charge in [0.15, 0.2) is 11.5 Å². The van der Waals surface area contributed by atoms with Crippen molar-refractivity contribution < 1.29 is 14.6 Å². The van der Waals surface area contributed by atoms with Gasteiger partial charge < -0.3 is 19.5 Å². The number of hydrogen-bond acceptors (Lipinski definition) is 8. The number of anilines is 1. The van der Waals surface area contributed by atoms with Gasteiger partial charge in [0.25, 0.3) is 0 Å². The highest BCUT2D eigenvalue weighted by molar-refractivity contribution is 5.90. The summed E-state index contributed by atoms with van der Waals surface area (Å²) in [7, 11) is 1.61. The van der Waals surface area contributed by atoms with E-state index in [1.807, 2.05) is 42.5 Å². The second-order valence-electron chi connectivity index (χ2n) is 8.03. The molecule has 1 aromatic carbocycles. The molecule has 1 aliphatic heterocycles. The average Bonchev–Trinajstić information content (AvgIpc) is 2.88. The summed E-state index contributed by atoms with van der Waals surface area (Å²) in [6, 6.07) is 13.8. The maximum atomic E-state index is 9.52. The van der Waals surface area contributed by atoms with Crippen molar-refractivity contribution in [2.45, 2.75) is 19.6 Å². The first-order chi connectivity index (χ1) is 16.2. The number of aliphatic hydroxyl groups is 1. The van der Waals surface area contributed by atoms with Gasteiger partial charge in [0, 0.05) is 23.9 Å². The molecular weight excluding hydrogens is 418 g/mol. The fourth-order valence-electron chi connectivity index (χ4n) is 4.03. The van der Waals surface area contributed by atoms with Gasteiger partial charge in [-0.05, 0) is 36.8 Å². The normalized spacial score (nSPS) is 16.2. The molecular formula is C25H25N5O3. The summed E-state index contributed by atoms with van der Waals surface area (Å²) in [5.41, 5.74) is 3.90. The minimum Gasteiger partial charge on any atom is -0.495 e. The van der Waals surface area contributed by atoms with E-state index in [-0.39, 0.29) is 12.6 Å². The molecule has 4 heterocycles. The van der Waals surface area contributed by atoms with Crippen LogP contribution >= 0.6 is 0 Å². The van der Waals surface area contributed by atoms with E-state index in [4.69, 9.17) is 24.4 Å². The molecule has 0 bridgehead atoms. The first-order valence-corrected chi connectivity index (χ1v) is 10.9. The maximum absolute atomic E-state index is 9.52. The summed E-state index contributed by atoms with van der Waals surface area (Å²) < 4.78 is 11.0. The minimum atomic E-state index is -0.0182. The molecule has 1 N–H and O–H groups in total. The van der Waals surface area contributed by atoms with Crippen LogP contribution in [0.25, 0.3) is 33.7 Å². The Bertz CT molecular complexity index is 1290. The first kappa shape index (κ1) is 21.2. The van der Waals surface area contributed by atoms with Gasteiger partial charge in [-0.1, -0.05) is 18.2 Å². The van der Waals surface area contributed by atoms with Crippen molar-refractivity contribution >= 4 is 16.9 Å². The third kappa shape index (κ3) is 4.22. The number of aliphatic hydroxyl groups excluding tert-OH is 1. The zero-order chi connectivity index (χ0) is 22.8. The van der Waals surface area contributed by atoms with E-state index in [9.17, 15) is 5.11 Å². The molecule has 4 aromatic rings. The first-order valence-electron chi connectivity index (χ1n) is 10.9. The Hall–Kier alpha value is -3.62. The number of pyridine rings is 2.